The molecule has 1 saturated heterocycles. The first kappa shape index (κ1) is 16.5. The lowest BCUT2D eigenvalue weighted by molar-refractivity contribution is -0.180. The molecule has 3 nitrogen and oxygen atoms in total. The fraction of sp³-hybridized carbons (Fsp3) is 0.833. The van der Waals surface area contributed by atoms with Crippen LogP contribution in [0.1, 0.15) is 53.9 Å². The Balaban J connectivity index is 2.23. The van der Waals surface area contributed by atoms with Crippen LogP contribution in [0.2, 0.25) is 0 Å². The van der Waals surface area contributed by atoms with Gasteiger partial charge in [-0.15, -0.1) is 0 Å². The van der Waals surface area contributed by atoms with E-state index in [1.54, 1.807) is 0 Å². The molecule has 2 rings (SSSR count). The summed E-state index contributed by atoms with van der Waals surface area (Å²) in [6.07, 6.45) is 6.27. The Labute approximate surface area is 129 Å². The quantitative estimate of drug-likeness (QED) is 0.568. The fourth-order valence-corrected chi connectivity index (χ4v) is 4.29. The number of hydrogen-bond donors (Lipinski definition) is 0. The fourth-order valence-electron chi connectivity index (χ4n) is 4.29. The Morgan fingerprint density at radius 3 is 2.81 bits per heavy atom. The minimum absolute atomic E-state index is 0.0570. The highest BCUT2D eigenvalue weighted by molar-refractivity contribution is 5.65. The van der Waals surface area contributed by atoms with Gasteiger partial charge in [0.05, 0.1) is 19.3 Å². The molecule has 1 aliphatic heterocycles. The van der Waals surface area contributed by atoms with Gasteiger partial charge in [0, 0.05) is 18.3 Å². The van der Waals surface area contributed by atoms with E-state index in [0.29, 0.717) is 37.1 Å². The lowest BCUT2D eigenvalue weighted by Gasteiger charge is -2.55. The smallest absolute Gasteiger partial charge is 0.302 e. The van der Waals surface area contributed by atoms with E-state index in [1.165, 1.54) is 25.3 Å². The van der Waals surface area contributed by atoms with Gasteiger partial charge in [0.1, 0.15) is 0 Å². The van der Waals surface area contributed by atoms with Crippen molar-refractivity contribution in [2.75, 3.05) is 13.2 Å². The summed E-state index contributed by atoms with van der Waals surface area (Å²) in [5, 5.41) is 0. The summed E-state index contributed by atoms with van der Waals surface area (Å²) < 4.78 is 11.7. The molecule has 0 saturated carbocycles. The lowest BCUT2D eigenvalue weighted by atomic mass is 9.56. The number of esters is 1. The molecule has 0 aromatic heterocycles. The van der Waals surface area contributed by atoms with Crippen LogP contribution in [0.3, 0.4) is 0 Å². The minimum Gasteiger partial charge on any atom is -0.465 e. The number of carbonyl (C=O) groups excluding carboxylic acids is 1. The van der Waals surface area contributed by atoms with Crippen molar-refractivity contribution in [3.63, 3.8) is 0 Å². The second-order valence-corrected chi connectivity index (χ2v) is 7.02. The number of hydrogen-bond acceptors (Lipinski definition) is 3. The van der Waals surface area contributed by atoms with E-state index in [0.717, 1.165) is 6.42 Å². The Kier molecular flexibility index (Phi) is 5.13. The summed E-state index contributed by atoms with van der Waals surface area (Å²) in [7, 11) is 0. The van der Waals surface area contributed by atoms with Gasteiger partial charge in [-0.3, -0.25) is 4.79 Å². The van der Waals surface area contributed by atoms with Crippen molar-refractivity contribution in [3.8, 4) is 0 Å². The van der Waals surface area contributed by atoms with Crippen LogP contribution in [-0.2, 0) is 14.3 Å². The number of ether oxygens (including phenoxy) is 2. The van der Waals surface area contributed by atoms with E-state index in [9.17, 15) is 4.79 Å². The van der Waals surface area contributed by atoms with Crippen LogP contribution in [0.15, 0.2) is 11.6 Å². The Morgan fingerprint density at radius 1 is 1.48 bits per heavy atom. The summed E-state index contributed by atoms with van der Waals surface area (Å²) in [5.74, 6) is 1.15. The van der Waals surface area contributed by atoms with Crippen molar-refractivity contribution >= 4 is 5.97 Å². The molecule has 1 aliphatic carbocycles. The Morgan fingerprint density at radius 2 is 2.19 bits per heavy atom. The molecule has 120 valence electrons. The second-order valence-electron chi connectivity index (χ2n) is 7.02. The molecule has 0 aromatic rings. The summed E-state index contributed by atoms with van der Waals surface area (Å²) in [6, 6.07) is 0. The van der Waals surface area contributed by atoms with Crippen LogP contribution in [0.4, 0.5) is 0 Å². The molecule has 2 bridgehead atoms. The molecular formula is C18H30O3. The molecular weight excluding hydrogens is 264 g/mol. The Hall–Kier alpha value is -0.830. The van der Waals surface area contributed by atoms with E-state index in [4.69, 9.17) is 9.47 Å². The first-order chi connectivity index (χ1) is 9.92. The topological polar surface area (TPSA) is 35.5 Å². The lowest BCUT2D eigenvalue weighted by Crippen LogP contribution is -2.56. The zero-order chi connectivity index (χ0) is 15.6. The van der Waals surface area contributed by atoms with Crippen LogP contribution in [0.25, 0.3) is 0 Å². The number of carbonyl (C=O) groups is 1. The van der Waals surface area contributed by atoms with Gasteiger partial charge >= 0.3 is 5.97 Å². The Bertz CT molecular complexity index is 415. The highest BCUT2D eigenvalue weighted by Gasteiger charge is 2.53. The molecule has 1 heterocycles. The molecule has 1 fully saturated rings. The SMILES string of the molecule is CCCC[C@@H]1OC[C@@]2(COC(C)=O)[C@H](C)[C@@H]1C(C)=C[C@@H]2C. The predicted octanol–water partition coefficient (Wildman–Crippen LogP) is 3.97. The standard InChI is InChI=1S/C18H30O3/c1-6-7-8-16-17-12(2)9-13(3)18(11-21-16,14(17)4)10-20-15(5)19/h9,13-14,16-17H,6-8,10-11H2,1-5H3/t13-,14+,16-,17-,18+/m0/s1. The van der Waals surface area contributed by atoms with Crippen LogP contribution < -0.4 is 0 Å². The third kappa shape index (κ3) is 3.03. The van der Waals surface area contributed by atoms with Crippen molar-refractivity contribution in [3.05, 3.63) is 11.6 Å². The molecule has 21 heavy (non-hydrogen) atoms. The van der Waals surface area contributed by atoms with Gasteiger partial charge in [-0.2, -0.15) is 0 Å². The average molecular weight is 294 g/mol. The van der Waals surface area contributed by atoms with Gasteiger partial charge in [-0.25, -0.2) is 0 Å². The molecule has 2 aliphatic rings. The van der Waals surface area contributed by atoms with Crippen molar-refractivity contribution in [2.45, 2.75) is 60.0 Å². The molecule has 3 heteroatoms. The van der Waals surface area contributed by atoms with Crippen molar-refractivity contribution < 1.29 is 14.3 Å². The maximum absolute atomic E-state index is 11.2. The van der Waals surface area contributed by atoms with Crippen LogP contribution >= 0.6 is 0 Å². The molecule has 0 radical (unpaired) electrons. The van der Waals surface area contributed by atoms with E-state index in [-0.39, 0.29) is 11.4 Å². The van der Waals surface area contributed by atoms with E-state index in [2.05, 4.69) is 33.8 Å². The molecule has 0 unspecified atom stereocenters. The van der Waals surface area contributed by atoms with Gasteiger partial charge in [-0.05, 0) is 25.2 Å². The summed E-state index contributed by atoms with van der Waals surface area (Å²) in [6.45, 7) is 11.7. The van der Waals surface area contributed by atoms with Crippen molar-refractivity contribution in [1.29, 1.82) is 0 Å². The predicted molar refractivity (Wildman–Crippen MR) is 83.9 cm³/mol. The highest BCUT2D eigenvalue weighted by atomic mass is 16.5. The van der Waals surface area contributed by atoms with Gasteiger partial charge in [-0.1, -0.05) is 45.3 Å². The van der Waals surface area contributed by atoms with Gasteiger partial charge in [0.15, 0.2) is 0 Å². The average Bonchev–Trinajstić information content (AvgIpc) is 2.42. The van der Waals surface area contributed by atoms with Crippen LogP contribution in [-0.4, -0.2) is 25.3 Å². The molecule has 0 spiro atoms. The third-order valence-corrected chi connectivity index (χ3v) is 5.74. The van der Waals surface area contributed by atoms with Gasteiger partial charge < -0.3 is 9.47 Å². The van der Waals surface area contributed by atoms with Gasteiger partial charge in [0.25, 0.3) is 0 Å². The molecule has 0 amide bonds. The minimum atomic E-state index is -0.195. The van der Waals surface area contributed by atoms with Crippen molar-refractivity contribution in [1.82, 2.24) is 0 Å². The van der Waals surface area contributed by atoms with E-state index < -0.39 is 0 Å². The summed E-state index contributed by atoms with van der Waals surface area (Å²) >= 11 is 0. The highest BCUT2D eigenvalue weighted by Crippen LogP contribution is 2.53. The third-order valence-electron chi connectivity index (χ3n) is 5.74. The zero-order valence-corrected chi connectivity index (χ0v) is 14.1. The largest absolute Gasteiger partial charge is 0.465 e. The number of fused-ring (bicyclic) bond motifs is 2. The second kappa shape index (κ2) is 6.51. The van der Waals surface area contributed by atoms with Gasteiger partial charge in [0.2, 0.25) is 0 Å². The number of allylic oxidation sites excluding steroid dienone is 1. The van der Waals surface area contributed by atoms with E-state index in [1.807, 2.05) is 0 Å². The molecule has 0 N–H and O–H groups in total. The van der Waals surface area contributed by atoms with E-state index >= 15 is 0 Å². The monoisotopic (exact) mass is 294 g/mol. The van der Waals surface area contributed by atoms with Crippen LogP contribution in [0.5, 0.6) is 0 Å². The normalized spacial score (nSPS) is 38.8. The molecule has 0 aromatic carbocycles. The number of rotatable bonds is 5. The first-order valence-electron chi connectivity index (χ1n) is 8.35. The van der Waals surface area contributed by atoms with Crippen molar-refractivity contribution in [2.24, 2.45) is 23.2 Å². The van der Waals surface area contributed by atoms with Crippen LogP contribution in [0, 0.1) is 23.2 Å². The zero-order valence-electron chi connectivity index (χ0n) is 14.1. The number of unbranched alkanes of at least 4 members (excludes halogenated alkanes) is 1. The maximum Gasteiger partial charge on any atom is 0.302 e. The summed E-state index contributed by atoms with van der Waals surface area (Å²) in [4.78, 5) is 11.2. The first-order valence-corrected chi connectivity index (χ1v) is 8.35. The molecule has 5 atom stereocenters. The summed E-state index contributed by atoms with van der Waals surface area (Å²) in [5.41, 5.74) is 1.40. The maximum atomic E-state index is 11.2.